The molecule has 0 saturated heterocycles. The van der Waals surface area contributed by atoms with Gasteiger partial charge in [-0.05, 0) is 44.2 Å². The third-order valence-electron chi connectivity index (χ3n) is 5.66. The number of hydrogen-bond acceptors (Lipinski definition) is 5. The fourth-order valence-electron chi connectivity index (χ4n) is 3.78. The fraction of sp³-hybridized carbons (Fsp3) is 0.444. The van der Waals surface area contributed by atoms with E-state index in [0.29, 0.717) is 19.3 Å². The molecule has 1 aromatic carbocycles. The molecule has 1 heterocycles. The minimum absolute atomic E-state index is 0.0206. The standard InChI is InChI=1S/C27H37N3O5/c1-4-6-7-13-26(33)35-18-22(14-21-16-28-24-12-9-8-11-23(21)24)30-27(34)20(10-5-2)15-25(32)29-19(3)17-31/h4-5,8-9,11-12,16,19-20,22,28,31H,1-2,6-7,10,13-15,17-18H2,3H3,(H,29,32)(H,30,34)/t19-,20-,22-/m0/s1. The molecular formula is C27H37N3O5. The highest BCUT2D eigenvalue weighted by Crippen LogP contribution is 2.20. The molecule has 1 aromatic heterocycles. The number of nitrogens with one attached hydrogen (secondary N) is 3. The van der Waals surface area contributed by atoms with Crippen LogP contribution in [-0.2, 0) is 25.5 Å². The zero-order valence-corrected chi connectivity index (χ0v) is 20.4. The summed E-state index contributed by atoms with van der Waals surface area (Å²) in [6.07, 6.45) is 7.63. The lowest BCUT2D eigenvalue weighted by Crippen LogP contribution is -2.45. The van der Waals surface area contributed by atoms with Gasteiger partial charge in [0.05, 0.1) is 18.6 Å². The number of carbonyl (C=O) groups is 3. The molecule has 8 heteroatoms. The summed E-state index contributed by atoms with van der Waals surface area (Å²) < 4.78 is 5.48. The van der Waals surface area contributed by atoms with Crippen molar-refractivity contribution in [2.24, 2.45) is 5.92 Å². The highest BCUT2D eigenvalue weighted by molar-refractivity contribution is 5.86. The number of rotatable bonds is 16. The van der Waals surface area contributed by atoms with Crippen LogP contribution in [0.1, 0.15) is 44.6 Å². The molecule has 0 saturated carbocycles. The van der Waals surface area contributed by atoms with Gasteiger partial charge in [0.1, 0.15) is 6.61 Å². The Hall–Kier alpha value is -3.39. The van der Waals surface area contributed by atoms with E-state index in [1.165, 1.54) is 0 Å². The Balaban J connectivity index is 2.11. The average molecular weight is 484 g/mol. The Morgan fingerprint density at radius 3 is 2.66 bits per heavy atom. The summed E-state index contributed by atoms with van der Waals surface area (Å²) in [5.74, 6) is -1.60. The molecule has 0 aliphatic carbocycles. The number of para-hydroxylation sites is 1. The molecule has 35 heavy (non-hydrogen) atoms. The van der Waals surface area contributed by atoms with E-state index in [1.807, 2.05) is 30.5 Å². The molecule has 4 N–H and O–H groups in total. The predicted octanol–water partition coefficient (Wildman–Crippen LogP) is 3.17. The summed E-state index contributed by atoms with van der Waals surface area (Å²) in [5, 5.41) is 15.8. The van der Waals surface area contributed by atoms with Crippen LogP contribution in [0.4, 0.5) is 0 Å². The van der Waals surface area contributed by atoms with Gasteiger partial charge >= 0.3 is 5.97 Å². The predicted molar refractivity (Wildman–Crippen MR) is 137 cm³/mol. The quantitative estimate of drug-likeness (QED) is 0.166. The molecule has 2 aromatic rings. The van der Waals surface area contributed by atoms with Crippen molar-refractivity contribution in [3.8, 4) is 0 Å². The SMILES string of the molecule is C=CCCCC(=O)OC[C@H](Cc1c[nH]c2ccccc12)NC(=O)[C@@H](CC=C)CC(=O)N[C@@H](C)CO. The van der Waals surface area contributed by atoms with Gasteiger partial charge in [0.25, 0.3) is 0 Å². The number of ether oxygens (including phenoxy) is 1. The Morgan fingerprint density at radius 2 is 1.94 bits per heavy atom. The number of H-pyrrole nitrogens is 1. The molecule has 0 fully saturated rings. The van der Waals surface area contributed by atoms with Crippen LogP contribution in [-0.4, -0.2) is 53.2 Å². The van der Waals surface area contributed by atoms with Gasteiger partial charge in [-0.25, -0.2) is 0 Å². The number of allylic oxidation sites excluding steroid dienone is 2. The maximum atomic E-state index is 13.1. The molecule has 190 valence electrons. The summed E-state index contributed by atoms with van der Waals surface area (Å²) in [6.45, 7) is 8.87. The van der Waals surface area contributed by atoms with Crippen LogP contribution >= 0.6 is 0 Å². The van der Waals surface area contributed by atoms with Crippen LogP contribution in [0, 0.1) is 5.92 Å². The van der Waals surface area contributed by atoms with E-state index < -0.39 is 18.0 Å². The lowest BCUT2D eigenvalue weighted by atomic mass is 9.98. The topological polar surface area (TPSA) is 121 Å². The second-order valence-corrected chi connectivity index (χ2v) is 8.71. The summed E-state index contributed by atoms with van der Waals surface area (Å²) in [5.41, 5.74) is 1.97. The van der Waals surface area contributed by atoms with Gasteiger partial charge in [0, 0.05) is 36.0 Å². The van der Waals surface area contributed by atoms with Crippen LogP contribution in [0.25, 0.3) is 10.9 Å². The van der Waals surface area contributed by atoms with Crippen molar-refractivity contribution in [2.45, 2.75) is 57.5 Å². The van der Waals surface area contributed by atoms with Crippen LogP contribution in [0.5, 0.6) is 0 Å². The number of fused-ring (bicyclic) bond motifs is 1. The van der Waals surface area contributed by atoms with Gasteiger partial charge in [0.15, 0.2) is 0 Å². The summed E-state index contributed by atoms with van der Waals surface area (Å²) in [4.78, 5) is 40.8. The number of benzene rings is 1. The van der Waals surface area contributed by atoms with Gasteiger partial charge in [-0.15, -0.1) is 13.2 Å². The molecule has 0 radical (unpaired) electrons. The molecular weight excluding hydrogens is 446 g/mol. The van der Waals surface area contributed by atoms with Crippen LogP contribution < -0.4 is 10.6 Å². The number of aromatic nitrogens is 1. The Labute approximate surface area is 206 Å². The van der Waals surface area contributed by atoms with Gasteiger partial charge < -0.3 is 25.5 Å². The Kier molecular flexibility index (Phi) is 11.8. The second kappa shape index (κ2) is 14.8. The van der Waals surface area contributed by atoms with E-state index in [1.54, 1.807) is 19.1 Å². The highest BCUT2D eigenvalue weighted by atomic mass is 16.5. The summed E-state index contributed by atoms with van der Waals surface area (Å²) in [7, 11) is 0. The molecule has 3 atom stereocenters. The second-order valence-electron chi connectivity index (χ2n) is 8.71. The van der Waals surface area contributed by atoms with Crippen molar-refractivity contribution < 1.29 is 24.2 Å². The first-order chi connectivity index (χ1) is 16.9. The van der Waals surface area contributed by atoms with Crippen LogP contribution in [0.15, 0.2) is 55.8 Å². The molecule has 0 unspecified atom stereocenters. The number of carbonyl (C=O) groups excluding carboxylic acids is 3. The number of aromatic amines is 1. The molecule has 0 bridgehead atoms. The van der Waals surface area contributed by atoms with E-state index in [-0.39, 0.29) is 43.8 Å². The molecule has 2 rings (SSSR count). The first-order valence-corrected chi connectivity index (χ1v) is 12.0. The van der Waals surface area contributed by atoms with Crippen LogP contribution in [0.3, 0.4) is 0 Å². The molecule has 0 spiro atoms. The third-order valence-corrected chi connectivity index (χ3v) is 5.66. The largest absolute Gasteiger partial charge is 0.463 e. The van der Waals surface area contributed by atoms with E-state index >= 15 is 0 Å². The lowest BCUT2D eigenvalue weighted by Gasteiger charge is -2.22. The average Bonchev–Trinajstić information content (AvgIpc) is 3.25. The normalized spacial score (nSPS) is 13.4. The number of esters is 1. The van der Waals surface area contributed by atoms with Crippen molar-refractivity contribution >= 4 is 28.7 Å². The molecule has 0 aliphatic heterocycles. The first-order valence-electron chi connectivity index (χ1n) is 12.0. The highest BCUT2D eigenvalue weighted by Gasteiger charge is 2.25. The zero-order valence-electron chi connectivity index (χ0n) is 20.4. The van der Waals surface area contributed by atoms with Crippen molar-refractivity contribution in [1.29, 1.82) is 0 Å². The van der Waals surface area contributed by atoms with Crippen molar-refractivity contribution in [3.05, 3.63) is 61.3 Å². The van der Waals surface area contributed by atoms with Crippen molar-refractivity contribution in [3.63, 3.8) is 0 Å². The summed E-state index contributed by atoms with van der Waals surface area (Å²) in [6, 6.07) is 6.98. The van der Waals surface area contributed by atoms with Crippen LogP contribution in [0.2, 0.25) is 0 Å². The van der Waals surface area contributed by atoms with E-state index in [9.17, 15) is 14.4 Å². The van der Waals surface area contributed by atoms with Gasteiger partial charge in [-0.2, -0.15) is 0 Å². The third kappa shape index (κ3) is 9.41. The van der Waals surface area contributed by atoms with Gasteiger partial charge in [-0.1, -0.05) is 30.4 Å². The molecule has 0 aliphatic rings. The monoisotopic (exact) mass is 483 g/mol. The van der Waals surface area contributed by atoms with E-state index in [0.717, 1.165) is 22.9 Å². The van der Waals surface area contributed by atoms with Gasteiger partial charge in [-0.3, -0.25) is 14.4 Å². The zero-order chi connectivity index (χ0) is 25.6. The Morgan fingerprint density at radius 1 is 1.17 bits per heavy atom. The molecule has 8 nitrogen and oxygen atoms in total. The summed E-state index contributed by atoms with van der Waals surface area (Å²) >= 11 is 0. The van der Waals surface area contributed by atoms with Crippen molar-refractivity contribution in [1.82, 2.24) is 15.6 Å². The number of amides is 2. The number of aliphatic hydroxyl groups excluding tert-OH is 1. The maximum Gasteiger partial charge on any atom is 0.305 e. The maximum absolute atomic E-state index is 13.1. The number of hydrogen-bond donors (Lipinski definition) is 4. The van der Waals surface area contributed by atoms with Gasteiger partial charge in [0.2, 0.25) is 11.8 Å². The smallest absolute Gasteiger partial charge is 0.305 e. The number of aliphatic hydroxyl groups is 1. The van der Waals surface area contributed by atoms with Crippen molar-refractivity contribution in [2.75, 3.05) is 13.2 Å². The van der Waals surface area contributed by atoms with E-state index in [4.69, 9.17) is 9.84 Å². The minimum atomic E-state index is -0.632. The first kappa shape index (κ1) is 27.9. The molecule has 2 amide bonds. The fourth-order valence-corrected chi connectivity index (χ4v) is 3.78. The number of unbranched alkanes of at least 4 members (excludes halogenated alkanes) is 1. The van der Waals surface area contributed by atoms with E-state index in [2.05, 4.69) is 28.8 Å². The minimum Gasteiger partial charge on any atom is -0.463 e. The Bertz CT molecular complexity index is 1000. The lowest BCUT2D eigenvalue weighted by molar-refractivity contribution is -0.145.